The lowest BCUT2D eigenvalue weighted by molar-refractivity contribution is 0.100. The predicted octanol–water partition coefficient (Wildman–Crippen LogP) is 1.44. The van der Waals surface area contributed by atoms with Crippen molar-refractivity contribution >= 4 is 17.3 Å². The van der Waals surface area contributed by atoms with Gasteiger partial charge < -0.3 is 16.8 Å². The molecule has 1 amide bonds. The number of nitrogens with two attached hydrogens (primary N) is 2. The Hall–Kier alpha value is -1.71. The Kier molecular flexibility index (Phi) is 2.73. The minimum absolute atomic E-state index is 0.428. The van der Waals surface area contributed by atoms with Crippen LogP contribution in [0.4, 0.5) is 11.4 Å². The van der Waals surface area contributed by atoms with Crippen molar-refractivity contribution in [1.29, 1.82) is 0 Å². The molecule has 2 atom stereocenters. The highest BCUT2D eigenvalue weighted by Gasteiger charge is 2.31. The molecule has 1 aromatic carbocycles. The predicted molar refractivity (Wildman–Crippen MR) is 65.1 cm³/mol. The van der Waals surface area contributed by atoms with E-state index in [4.69, 9.17) is 11.5 Å². The molecule has 5 N–H and O–H groups in total. The molecule has 0 aliphatic heterocycles. The zero-order valence-corrected chi connectivity index (χ0v) is 9.36. The molecule has 4 heteroatoms. The molecule has 0 spiro atoms. The van der Waals surface area contributed by atoms with E-state index in [1.54, 1.807) is 18.2 Å². The van der Waals surface area contributed by atoms with Gasteiger partial charge in [-0.15, -0.1) is 0 Å². The molecule has 2 unspecified atom stereocenters. The molecule has 4 nitrogen and oxygen atoms in total. The Morgan fingerprint density at radius 1 is 1.56 bits per heavy atom. The molecule has 0 heterocycles. The van der Waals surface area contributed by atoms with Gasteiger partial charge in [0.05, 0.1) is 11.4 Å². The van der Waals surface area contributed by atoms with Crippen LogP contribution in [0, 0.1) is 11.8 Å². The topological polar surface area (TPSA) is 81.1 Å². The lowest BCUT2D eigenvalue weighted by Crippen LogP contribution is -2.13. The van der Waals surface area contributed by atoms with Gasteiger partial charge in [-0.1, -0.05) is 6.92 Å². The molecule has 2 rings (SSSR count). The maximum absolute atomic E-state index is 11.0. The molecule has 0 aromatic heterocycles. The van der Waals surface area contributed by atoms with E-state index in [1.165, 1.54) is 6.42 Å². The maximum atomic E-state index is 11.0. The monoisotopic (exact) mass is 219 g/mol. The molecular weight excluding hydrogens is 202 g/mol. The van der Waals surface area contributed by atoms with Crippen LogP contribution in [-0.2, 0) is 0 Å². The first-order valence-corrected chi connectivity index (χ1v) is 5.51. The van der Waals surface area contributed by atoms with Crippen molar-refractivity contribution in [3.63, 3.8) is 0 Å². The molecule has 0 radical (unpaired) electrons. The van der Waals surface area contributed by atoms with Gasteiger partial charge in [0.25, 0.3) is 0 Å². The number of hydrogen-bond acceptors (Lipinski definition) is 3. The van der Waals surface area contributed by atoms with Crippen molar-refractivity contribution in [2.24, 2.45) is 17.6 Å². The number of amides is 1. The number of carbonyl (C=O) groups is 1. The van der Waals surface area contributed by atoms with Crippen molar-refractivity contribution in [2.45, 2.75) is 13.3 Å². The van der Waals surface area contributed by atoms with Gasteiger partial charge in [0.1, 0.15) is 0 Å². The third-order valence-corrected chi connectivity index (χ3v) is 3.17. The number of nitrogens with one attached hydrogen (secondary N) is 1. The molecule has 1 fully saturated rings. The van der Waals surface area contributed by atoms with Gasteiger partial charge in [-0.3, -0.25) is 4.79 Å². The maximum Gasteiger partial charge on any atom is 0.248 e. The second kappa shape index (κ2) is 4.04. The highest BCUT2D eigenvalue weighted by atomic mass is 16.1. The van der Waals surface area contributed by atoms with E-state index in [0.717, 1.165) is 24.1 Å². The van der Waals surface area contributed by atoms with Gasteiger partial charge >= 0.3 is 0 Å². The third-order valence-electron chi connectivity index (χ3n) is 3.17. The van der Waals surface area contributed by atoms with Crippen LogP contribution in [0.2, 0.25) is 0 Å². The zero-order chi connectivity index (χ0) is 11.7. The Morgan fingerprint density at radius 3 is 2.81 bits per heavy atom. The lowest BCUT2D eigenvalue weighted by Gasteiger charge is -2.09. The van der Waals surface area contributed by atoms with Gasteiger partial charge in [0.2, 0.25) is 5.91 Å². The van der Waals surface area contributed by atoms with Crippen LogP contribution in [0.3, 0.4) is 0 Å². The number of primary amides is 1. The van der Waals surface area contributed by atoms with Crippen molar-refractivity contribution in [3.05, 3.63) is 23.8 Å². The van der Waals surface area contributed by atoms with E-state index in [9.17, 15) is 4.79 Å². The summed E-state index contributed by atoms with van der Waals surface area (Å²) in [5, 5.41) is 3.27. The minimum atomic E-state index is -0.428. The van der Waals surface area contributed by atoms with Crippen molar-refractivity contribution in [1.82, 2.24) is 0 Å². The van der Waals surface area contributed by atoms with Crippen molar-refractivity contribution in [3.8, 4) is 0 Å². The van der Waals surface area contributed by atoms with Crippen LogP contribution in [0.5, 0.6) is 0 Å². The summed E-state index contributed by atoms with van der Waals surface area (Å²) >= 11 is 0. The Morgan fingerprint density at radius 2 is 2.25 bits per heavy atom. The second-order valence-corrected chi connectivity index (χ2v) is 4.52. The lowest BCUT2D eigenvalue weighted by atomic mass is 10.1. The van der Waals surface area contributed by atoms with E-state index in [-0.39, 0.29) is 0 Å². The summed E-state index contributed by atoms with van der Waals surface area (Å²) in [5.74, 6) is 1.10. The Balaban J connectivity index is 2.06. The highest BCUT2D eigenvalue weighted by molar-refractivity contribution is 5.94. The van der Waals surface area contributed by atoms with Gasteiger partial charge in [-0.25, -0.2) is 0 Å². The molecule has 1 saturated carbocycles. The SMILES string of the molecule is CC1CC1CNc1cc(C(N)=O)ccc1N. The Bertz CT molecular complexity index is 417. The fourth-order valence-corrected chi connectivity index (χ4v) is 1.79. The normalized spacial score (nSPS) is 22.8. The van der Waals surface area contributed by atoms with Gasteiger partial charge in [-0.05, 0) is 36.5 Å². The zero-order valence-electron chi connectivity index (χ0n) is 9.36. The fraction of sp³-hybridized carbons (Fsp3) is 0.417. The summed E-state index contributed by atoms with van der Waals surface area (Å²) in [6.45, 7) is 3.14. The smallest absolute Gasteiger partial charge is 0.248 e. The van der Waals surface area contributed by atoms with Crippen LogP contribution in [-0.4, -0.2) is 12.5 Å². The molecule has 1 aliphatic rings. The molecule has 0 saturated heterocycles. The number of benzene rings is 1. The summed E-state index contributed by atoms with van der Waals surface area (Å²) in [6.07, 6.45) is 1.27. The molecule has 86 valence electrons. The van der Waals surface area contributed by atoms with E-state index in [1.807, 2.05) is 0 Å². The van der Waals surface area contributed by atoms with Crippen LogP contribution < -0.4 is 16.8 Å². The highest BCUT2D eigenvalue weighted by Crippen LogP contribution is 2.37. The second-order valence-electron chi connectivity index (χ2n) is 4.52. The summed E-state index contributed by atoms with van der Waals surface area (Å²) in [7, 11) is 0. The van der Waals surface area contributed by atoms with E-state index in [2.05, 4.69) is 12.2 Å². The summed E-state index contributed by atoms with van der Waals surface area (Å²) in [6, 6.07) is 5.06. The number of hydrogen-bond donors (Lipinski definition) is 3. The molecular formula is C12H17N3O. The number of nitrogen functional groups attached to an aromatic ring is 1. The third kappa shape index (κ3) is 2.27. The minimum Gasteiger partial charge on any atom is -0.397 e. The number of rotatable bonds is 4. The van der Waals surface area contributed by atoms with Crippen LogP contribution in [0.25, 0.3) is 0 Å². The Labute approximate surface area is 95.0 Å². The largest absolute Gasteiger partial charge is 0.397 e. The summed E-state index contributed by atoms with van der Waals surface area (Å²) in [4.78, 5) is 11.0. The summed E-state index contributed by atoms with van der Waals surface area (Å²) < 4.78 is 0. The van der Waals surface area contributed by atoms with E-state index >= 15 is 0 Å². The van der Waals surface area contributed by atoms with Gasteiger partial charge in [0, 0.05) is 12.1 Å². The number of carbonyl (C=O) groups excluding carboxylic acids is 1. The molecule has 1 aromatic rings. The van der Waals surface area contributed by atoms with Crippen LogP contribution in [0.1, 0.15) is 23.7 Å². The van der Waals surface area contributed by atoms with Crippen LogP contribution >= 0.6 is 0 Å². The first-order valence-electron chi connectivity index (χ1n) is 5.51. The average Bonchev–Trinajstić information content (AvgIpc) is 2.93. The van der Waals surface area contributed by atoms with E-state index in [0.29, 0.717) is 11.3 Å². The molecule has 16 heavy (non-hydrogen) atoms. The van der Waals surface area contributed by atoms with Crippen molar-refractivity contribution in [2.75, 3.05) is 17.6 Å². The standard InChI is InChI=1S/C12H17N3O/c1-7-4-9(7)6-15-11-5-8(12(14)16)2-3-10(11)13/h2-3,5,7,9,15H,4,6,13H2,1H3,(H2,14,16). The fourth-order valence-electron chi connectivity index (χ4n) is 1.79. The average molecular weight is 219 g/mol. The van der Waals surface area contributed by atoms with Gasteiger partial charge in [0.15, 0.2) is 0 Å². The molecule has 0 bridgehead atoms. The van der Waals surface area contributed by atoms with Crippen molar-refractivity contribution < 1.29 is 4.79 Å². The van der Waals surface area contributed by atoms with Crippen LogP contribution in [0.15, 0.2) is 18.2 Å². The molecule has 1 aliphatic carbocycles. The first-order chi connectivity index (χ1) is 7.58. The summed E-state index contributed by atoms with van der Waals surface area (Å²) in [5.41, 5.74) is 13.0. The number of anilines is 2. The van der Waals surface area contributed by atoms with Gasteiger partial charge in [-0.2, -0.15) is 0 Å². The van der Waals surface area contributed by atoms with E-state index < -0.39 is 5.91 Å². The quantitative estimate of drug-likeness (QED) is 0.670. The first kappa shape index (κ1) is 10.8.